The van der Waals surface area contributed by atoms with Crippen molar-refractivity contribution in [3.05, 3.63) is 63.5 Å². The molecule has 2 saturated heterocycles. The minimum atomic E-state index is -0.666. The number of thiazole rings is 1. The van der Waals surface area contributed by atoms with E-state index in [1.54, 1.807) is 11.3 Å². The summed E-state index contributed by atoms with van der Waals surface area (Å²) in [4.78, 5) is 21.6. The molecule has 0 bridgehead atoms. The highest BCUT2D eigenvalue weighted by Gasteiger charge is 2.65. The predicted octanol–water partition coefficient (Wildman–Crippen LogP) is 5.50. The van der Waals surface area contributed by atoms with Gasteiger partial charge in [-0.1, -0.05) is 23.8 Å². The number of carboxylic acids is 1. The van der Waals surface area contributed by atoms with Crippen LogP contribution in [0, 0.1) is 25.2 Å². The van der Waals surface area contributed by atoms with Crippen molar-refractivity contribution in [3.8, 4) is 17.0 Å². The van der Waals surface area contributed by atoms with Crippen LogP contribution < -0.4 is 9.64 Å². The van der Waals surface area contributed by atoms with Crippen LogP contribution in [0.1, 0.15) is 47.1 Å². The number of hydrogen-bond acceptors (Lipinski definition) is 7. The predicted molar refractivity (Wildman–Crippen MR) is 161 cm³/mol. The molecule has 3 aromatic rings. The Bertz CT molecular complexity index is 1460. The molecule has 7 rings (SSSR count). The number of carboxylic acid groups (broad SMARTS) is 1. The fourth-order valence-corrected chi connectivity index (χ4v) is 8.10. The fraction of sp³-hybridized carbons (Fsp3) is 0.515. The highest BCUT2D eigenvalue weighted by molar-refractivity contribution is 7.14. The van der Waals surface area contributed by atoms with Crippen LogP contribution in [0.2, 0.25) is 0 Å². The summed E-state index contributed by atoms with van der Waals surface area (Å²) >= 11 is 1.59. The van der Waals surface area contributed by atoms with Crippen LogP contribution >= 0.6 is 11.3 Å². The zero-order valence-corrected chi connectivity index (χ0v) is 24.8. The molecular weight excluding hydrogens is 534 g/mol. The Kier molecular flexibility index (Phi) is 7.04. The first-order valence-electron chi connectivity index (χ1n) is 15.0. The molecule has 0 radical (unpaired) electrons. The van der Waals surface area contributed by atoms with Crippen molar-refractivity contribution < 1.29 is 19.4 Å². The second-order valence-electron chi connectivity index (χ2n) is 12.4. The van der Waals surface area contributed by atoms with Crippen molar-refractivity contribution in [2.75, 3.05) is 44.3 Å². The molecule has 1 saturated carbocycles. The van der Waals surface area contributed by atoms with E-state index in [0.717, 1.165) is 92.7 Å². The molecule has 0 unspecified atom stereocenters. The van der Waals surface area contributed by atoms with Gasteiger partial charge in [0, 0.05) is 56.4 Å². The molecule has 4 heterocycles. The first-order valence-corrected chi connectivity index (χ1v) is 15.9. The zero-order chi connectivity index (χ0) is 28.1. The molecule has 0 amide bonds. The van der Waals surface area contributed by atoms with Gasteiger partial charge in [0.2, 0.25) is 0 Å². The van der Waals surface area contributed by atoms with Crippen LogP contribution in [-0.2, 0) is 29.0 Å². The van der Waals surface area contributed by atoms with Gasteiger partial charge < -0.3 is 19.5 Å². The third-order valence-corrected chi connectivity index (χ3v) is 10.9. The maximum Gasteiger partial charge on any atom is 0.311 e. The van der Waals surface area contributed by atoms with Crippen LogP contribution in [0.25, 0.3) is 11.3 Å². The van der Waals surface area contributed by atoms with Crippen molar-refractivity contribution in [1.82, 2.24) is 9.88 Å². The largest absolute Gasteiger partial charge is 0.488 e. The van der Waals surface area contributed by atoms with Gasteiger partial charge in [-0.3, -0.25) is 9.69 Å². The van der Waals surface area contributed by atoms with Gasteiger partial charge >= 0.3 is 5.97 Å². The van der Waals surface area contributed by atoms with Crippen molar-refractivity contribution in [2.45, 2.75) is 58.6 Å². The molecule has 3 aliphatic heterocycles. The lowest BCUT2D eigenvalue weighted by Crippen LogP contribution is -2.40. The molecule has 2 atom stereocenters. The van der Waals surface area contributed by atoms with Crippen LogP contribution in [0.4, 0.5) is 5.13 Å². The average Bonchev–Trinajstić information content (AvgIpc) is 3.33. The van der Waals surface area contributed by atoms with Crippen molar-refractivity contribution in [3.63, 3.8) is 0 Å². The minimum Gasteiger partial charge on any atom is -0.488 e. The lowest BCUT2D eigenvalue weighted by molar-refractivity contribution is -0.143. The van der Waals surface area contributed by atoms with E-state index >= 15 is 0 Å². The number of nitrogens with zero attached hydrogens (tertiary/aromatic N) is 3. The number of aryl methyl sites for hydroxylation is 1. The normalized spacial score (nSPS) is 24.5. The van der Waals surface area contributed by atoms with Crippen LogP contribution in [0.5, 0.6) is 5.75 Å². The summed E-state index contributed by atoms with van der Waals surface area (Å²) < 4.78 is 12.1. The molecule has 7 nitrogen and oxygen atoms in total. The van der Waals surface area contributed by atoms with Gasteiger partial charge in [-0.15, -0.1) is 11.3 Å². The van der Waals surface area contributed by atoms with Crippen LogP contribution in [0.3, 0.4) is 0 Å². The van der Waals surface area contributed by atoms with Gasteiger partial charge in [-0.2, -0.15) is 0 Å². The molecule has 4 aliphatic rings. The standard InChI is InChI=1S/C33H39N3O4S/c1-21-3-6-30(28(15-21)29-19-41-32(34-29)36-17-25-16-33(25,20-36)31(37)38)40-18-24-5-4-23-7-11-35(12-8-27(23)22(24)2)26-9-13-39-14-10-26/h3-6,15,19,25-26H,7-14,16-18,20H2,1-2H3,(H,37,38)/t25-,33-/m0/s1. The second-order valence-corrected chi connectivity index (χ2v) is 13.2. The third-order valence-electron chi connectivity index (χ3n) is 9.96. The summed E-state index contributed by atoms with van der Waals surface area (Å²) in [6.45, 7) is 10.2. The molecule has 1 aromatic heterocycles. The number of hydrogen-bond donors (Lipinski definition) is 1. The zero-order valence-electron chi connectivity index (χ0n) is 24.0. The molecule has 1 N–H and O–H groups in total. The number of aromatic nitrogens is 1. The SMILES string of the molecule is Cc1ccc(OCc2ccc3c(c2C)CCN(C2CCOCC2)CC3)c(-c2csc(N3C[C@@H]4C[C@]4(C(=O)O)C3)n2)c1. The fourth-order valence-electron chi connectivity index (χ4n) is 7.27. The van der Waals surface area contributed by atoms with E-state index in [1.807, 2.05) is 0 Å². The summed E-state index contributed by atoms with van der Waals surface area (Å²) in [5.41, 5.74) is 8.06. The summed E-state index contributed by atoms with van der Waals surface area (Å²) in [6.07, 6.45) is 5.28. The molecule has 1 aliphatic carbocycles. The molecular formula is C33H39N3O4S. The Morgan fingerprint density at radius 1 is 1.17 bits per heavy atom. The highest BCUT2D eigenvalue weighted by atomic mass is 32.1. The van der Waals surface area contributed by atoms with Crippen molar-refractivity contribution in [2.24, 2.45) is 11.3 Å². The average molecular weight is 574 g/mol. The topological polar surface area (TPSA) is 75.1 Å². The summed E-state index contributed by atoms with van der Waals surface area (Å²) in [5, 5.41) is 12.7. The quantitative estimate of drug-likeness (QED) is 0.400. The Labute approximate surface area is 246 Å². The van der Waals surface area contributed by atoms with Gasteiger partial charge in [0.1, 0.15) is 12.4 Å². The Morgan fingerprint density at radius 3 is 2.80 bits per heavy atom. The summed E-state index contributed by atoms with van der Waals surface area (Å²) in [5.74, 6) is 0.416. The van der Waals surface area contributed by atoms with E-state index in [9.17, 15) is 9.90 Å². The van der Waals surface area contributed by atoms with Gasteiger partial charge in [-0.05, 0) is 86.3 Å². The Morgan fingerprint density at radius 2 is 2.00 bits per heavy atom. The summed E-state index contributed by atoms with van der Waals surface area (Å²) in [7, 11) is 0. The number of aliphatic carboxylic acids is 1. The number of anilines is 1. The maximum atomic E-state index is 11.8. The van der Waals surface area contributed by atoms with E-state index < -0.39 is 11.4 Å². The van der Waals surface area contributed by atoms with Crippen LogP contribution in [-0.4, -0.2) is 66.4 Å². The van der Waals surface area contributed by atoms with E-state index in [0.29, 0.717) is 19.2 Å². The van der Waals surface area contributed by atoms with Crippen molar-refractivity contribution in [1.29, 1.82) is 0 Å². The maximum absolute atomic E-state index is 11.8. The van der Waals surface area contributed by atoms with E-state index in [1.165, 1.54) is 22.3 Å². The number of rotatable bonds is 7. The molecule has 2 aromatic carbocycles. The third kappa shape index (κ3) is 5.04. The first kappa shape index (κ1) is 26.9. The molecule has 0 spiro atoms. The molecule has 216 valence electrons. The van der Waals surface area contributed by atoms with Crippen LogP contribution in [0.15, 0.2) is 35.7 Å². The Hall–Kier alpha value is -2.94. The first-order chi connectivity index (χ1) is 19.9. The van der Waals surface area contributed by atoms with Gasteiger partial charge in [-0.25, -0.2) is 4.98 Å². The van der Waals surface area contributed by atoms with Gasteiger partial charge in [0.05, 0.1) is 11.1 Å². The molecule has 41 heavy (non-hydrogen) atoms. The van der Waals surface area contributed by atoms with Gasteiger partial charge in [0.15, 0.2) is 5.13 Å². The highest BCUT2D eigenvalue weighted by Crippen LogP contribution is 2.58. The van der Waals surface area contributed by atoms with E-state index in [-0.39, 0.29) is 5.92 Å². The number of fused-ring (bicyclic) bond motifs is 2. The van der Waals surface area contributed by atoms with E-state index in [4.69, 9.17) is 14.5 Å². The van der Waals surface area contributed by atoms with E-state index in [2.05, 4.69) is 59.4 Å². The monoisotopic (exact) mass is 573 g/mol. The van der Waals surface area contributed by atoms with Gasteiger partial charge in [0.25, 0.3) is 0 Å². The lowest BCUT2D eigenvalue weighted by Gasteiger charge is -2.33. The van der Waals surface area contributed by atoms with Crippen molar-refractivity contribution >= 4 is 22.4 Å². The minimum absolute atomic E-state index is 0.249. The number of carbonyl (C=O) groups is 1. The number of piperidine rings is 1. The smallest absolute Gasteiger partial charge is 0.311 e. The molecule has 8 heteroatoms. The number of benzene rings is 2. The summed E-state index contributed by atoms with van der Waals surface area (Å²) in [6, 6.07) is 11.5. The second kappa shape index (κ2) is 10.7. The number of ether oxygens (including phenoxy) is 2. The molecule has 3 fully saturated rings. The lowest BCUT2D eigenvalue weighted by atomic mass is 9.94. The Balaban J connectivity index is 1.06.